The summed E-state index contributed by atoms with van der Waals surface area (Å²) in [5.74, 6) is 0. The standard InChI is InChI=1S/C10H23Si/c1-8-11(9(2,3)4)10(5,6)7/h8H2,1-7H3. The van der Waals surface area contributed by atoms with Gasteiger partial charge in [-0.1, -0.05) is 54.5 Å². The van der Waals surface area contributed by atoms with Crippen LogP contribution < -0.4 is 0 Å². The van der Waals surface area contributed by atoms with Crippen molar-refractivity contribution in [1.29, 1.82) is 0 Å². The highest BCUT2D eigenvalue weighted by Gasteiger charge is 2.34. The molecule has 0 N–H and O–H groups in total. The Morgan fingerprint density at radius 2 is 1.09 bits per heavy atom. The van der Waals surface area contributed by atoms with Crippen molar-refractivity contribution in [1.82, 2.24) is 0 Å². The molecule has 0 aliphatic rings. The Bertz CT molecular complexity index is 99.8. The van der Waals surface area contributed by atoms with E-state index in [-0.39, 0.29) is 8.80 Å². The van der Waals surface area contributed by atoms with E-state index in [0.29, 0.717) is 10.1 Å². The van der Waals surface area contributed by atoms with E-state index in [9.17, 15) is 0 Å². The molecule has 0 aromatic carbocycles. The van der Waals surface area contributed by atoms with Crippen LogP contribution >= 0.6 is 0 Å². The smallest absolute Gasteiger partial charge is 0.0592 e. The zero-order chi connectivity index (χ0) is 9.28. The van der Waals surface area contributed by atoms with Crippen LogP contribution in [-0.4, -0.2) is 8.80 Å². The minimum absolute atomic E-state index is 0.215. The van der Waals surface area contributed by atoms with Crippen molar-refractivity contribution in [2.75, 3.05) is 0 Å². The van der Waals surface area contributed by atoms with Crippen molar-refractivity contribution in [3.63, 3.8) is 0 Å². The molecule has 11 heavy (non-hydrogen) atoms. The van der Waals surface area contributed by atoms with Crippen LogP contribution in [0.1, 0.15) is 48.5 Å². The van der Waals surface area contributed by atoms with Gasteiger partial charge in [-0.25, -0.2) is 0 Å². The summed E-state index contributed by atoms with van der Waals surface area (Å²) in [6, 6.07) is 1.39. The monoisotopic (exact) mass is 171 g/mol. The quantitative estimate of drug-likeness (QED) is 0.521. The third-order valence-corrected chi connectivity index (χ3v) is 6.49. The lowest BCUT2D eigenvalue weighted by Gasteiger charge is -2.38. The van der Waals surface area contributed by atoms with Crippen LogP contribution in [0.2, 0.25) is 16.1 Å². The molecular weight excluding hydrogens is 148 g/mol. The molecule has 0 amide bonds. The first kappa shape index (κ1) is 11.2. The fourth-order valence-corrected chi connectivity index (χ4v) is 6.56. The average Bonchev–Trinajstić information content (AvgIpc) is 1.56. The summed E-state index contributed by atoms with van der Waals surface area (Å²) in [5.41, 5.74) is 0. The SMILES string of the molecule is CC[Si](C(C)(C)C)C(C)(C)C. The van der Waals surface area contributed by atoms with Crippen molar-refractivity contribution < 1.29 is 0 Å². The summed E-state index contributed by atoms with van der Waals surface area (Å²) in [6.45, 7) is 16.6. The van der Waals surface area contributed by atoms with Gasteiger partial charge in [0.15, 0.2) is 0 Å². The minimum Gasteiger partial charge on any atom is -0.0679 e. The van der Waals surface area contributed by atoms with Gasteiger partial charge in [-0.3, -0.25) is 0 Å². The summed E-state index contributed by atoms with van der Waals surface area (Å²) >= 11 is 0. The molecule has 0 aromatic rings. The fraction of sp³-hybridized carbons (Fsp3) is 1.00. The summed E-state index contributed by atoms with van der Waals surface area (Å²) < 4.78 is 0. The largest absolute Gasteiger partial charge is 0.0679 e. The Hall–Kier alpha value is 0.217. The lowest BCUT2D eigenvalue weighted by Crippen LogP contribution is -2.33. The van der Waals surface area contributed by atoms with Gasteiger partial charge in [0, 0.05) is 0 Å². The van der Waals surface area contributed by atoms with Crippen LogP contribution in [0.3, 0.4) is 0 Å². The number of rotatable bonds is 1. The summed E-state index contributed by atoms with van der Waals surface area (Å²) in [4.78, 5) is 0. The normalized spacial score (nSPS) is 14.2. The topological polar surface area (TPSA) is 0 Å². The molecule has 1 radical (unpaired) electrons. The molecule has 0 bridgehead atoms. The number of hydrogen-bond acceptors (Lipinski definition) is 0. The summed E-state index contributed by atoms with van der Waals surface area (Å²) in [7, 11) is -0.215. The van der Waals surface area contributed by atoms with Gasteiger partial charge in [0.05, 0.1) is 8.80 Å². The molecule has 0 atom stereocenters. The van der Waals surface area contributed by atoms with Crippen LogP contribution in [0.5, 0.6) is 0 Å². The van der Waals surface area contributed by atoms with Gasteiger partial charge in [0.25, 0.3) is 0 Å². The number of hydrogen-bond donors (Lipinski definition) is 0. The van der Waals surface area contributed by atoms with Crippen LogP contribution in [0.15, 0.2) is 0 Å². The lowest BCUT2D eigenvalue weighted by molar-refractivity contribution is 0.639. The van der Waals surface area contributed by atoms with Gasteiger partial charge in [-0.15, -0.1) is 0 Å². The first-order chi connectivity index (χ1) is 4.69. The maximum absolute atomic E-state index is 2.38. The molecule has 0 fully saturated rings. The third kappa shape index (κ3) is 3.41. The van der Waals surface area contributed by atoms with Crippen molar-refractivity contribution in [2.24, 2.45) is 0 Å². The van der Waals surface area contributed by atoms with Crippen molar-refractivity contribution >= 4 is 8.80 Å². The van der Waals surface area contributed by atoms with Gasteiger partial charge in [0.1, 0.15) is 0 Å². The highest BCUT2D eigenvalue weighted by atomic mass is 28.3. The predicted molar refractivity (Wildman–Crippen MR) is 55.7 cm³/mol. The molecule has 0 heterocycles. The predicted octanol–water partition coefficient (Wildman–Crippen LogP) is 4.10. The molecule has 0 nitrogen and oxygen atoms in total. The molecule has 0 unspecified atom stereocenters. The Kier molecular flexibility index (Phi) is 3.37. The fourth-order valence-electron chi connectivity index (χ4n) is 2.19. The molecule has 0 aliphatic heterocycles. The van der Waals surface area contributed by atoms with E-state index in [4.69, 9.17) is 0 Å². The maximum Gasteiger partial charge on any atom is 0.0592 e. The van der Waals surface area contributed by atoms with Gasteiger partial charge < -0.3 is 0 Å². The van der Waals surface area contributed by atoms with E-state index in [1.807, 2.05) is 0 Å². The van der Waals surface area contributed by atoms with E-state index < -0.39 is 0 Å². The Morgan fingerprint density at radius 3 is 1.09 bits per heavy atom. The maximum atomic E-state index is 2.38. The lowest BCUT2D eigenvalue weighted by atomic mass is 10.2. The molecule has 0 aliphatic carbocycles. The second-order valence-corrected chi connectivity index (χ2v) is 10.00. The van der Waals surface area contributed by atoms with Crippen LogP contribution in [0, 0.1) is 0 Å². The van der Waals surface area contributed by atoms with E-state index >= 15 is 0 Å². The van der Waals surface area contributed by atoms with Crippen LogP contribution in [0.25, 0.3) is 0 Å². The van der Waals surface area contributed by atoms with E-state index in [2.05, 4.69) is 48.5 Å². The summed E-state index contributed by atoms with van der Waals surface area (Å²) in [6.07, 6.45) is 0. The van der Waals surface area contributed by atoms with Crippen molar-refractivity contribution in [2.45, 2.75) is 64.6 Å². The van der Waals surface area contributed by atoms with Gasteiger partial charge in [0.2, 0.25) is 0 Å². The average molecular weight is 171 g/mol. The first-order valence-electron chi connectivity index (χ1n) is 4.56. The highest BCUT2D eigenvalue weighted by molar-refractivity contribution is 6.65. The molecule has 0 saturated heterocycles. The van der Waals surface area contributed by atoms with Crippen molar-refractivity contribution in [3.8, 4) is 0 Å². The molecule has 0 spiro atoms. The molecule has 0 aromatic heterocycles. The summed E-state index contributed by atoms with van der Waals surface area (Å²) in [5, 5.41) is 1.11. The van der Waals surface area contributed by atoms with E-state index in [1.165, 1.54) is 6.04 Å². The second-order valence-electron chi connectivity index (χ2n) is 5.33. The Balaban J connectivity index is 4.43. The van der Waals surface area contributed by atoms with Crippen LogP contribution in [-0.2, 0) is 0 Å². The third-order valence-electron chi connectivity index (χ3n) is 2.16. The zero-order valence-corrected chi connectivity index (χ0v) is 10.2. The van der Waals surface area contributed by atoms with Gasteiger partial charge in [-0.2, -0.15) is 0 Å². The van der Waals surface area contributed by atoms with Crippen LogP contribution in [0.4, 0.5) is 0 Å². The van der Waals surface area contributed by atoms with E-state index in [1.54, 1.807) is 0 Å². The van der Waals surface area contributed by atoms with Gasteiger partial charge in [-0.05, 0) is 10.1 Å². The molecule has 0 rings (SSSR count). The molecule has 67 valence electrons. The molecular formula is C10H23Si. The first-order valence-corrected chi connectivity index (χ1v) is 6.27. The second kappa shape index (κ2) is 3.30. The minimum atomic E-state index is -0.215. The van der Waals surface area contributed by atoms with Crippen molar-refractivity contribution in [3.05, 3.63) is 0 Å². The highest BCUT2D eigenvalue weighted by Crippen LogP contribution is 2.43. The van der Waals surface area contributed by atoms with Gasteiger partial charge >= 0.3 is 0 Å². The Morgan fingerprint density at radius 1 is 0.818 bits per heavy atom. The molecule has 0 saturated carbocycles. The zero-order valence-electron chi connectivity index (χ0n) is 9.21. The van der Waals surface area contributed by atoms with E-state index in [0.717, 1.165) is 0 Å². The Labute approximate surface area is 74.0 Å². The molecule has 1 heteroatoms.